The third-order valence-electron chi connectivity index (χ3n) is 5.36. The van der Waals surface area contributed by atoms with Gasteiger partial charge in [0.2, 0.25) is 0 Å². The summed E-state index contributed by atoms with van der Waals surface area (Å²) in [6.07, 6.45) is 5.51. The van der Waals surface area contributed by atoms with Gasteiger partial charge in [0.05, 0.1) is 0 Å². The van der Waals surface area contributed by atoms with Gasteiger partial charge < -0.3 is 0 Å². The normalized spacial score (nSPS) is 14.8. The van der Waals surface area contributed by atoms with Gasteiger partial charge in [0.15, 0.2) is 11.6 Å². The van der Waals surface area contributed by atoms with Gasteiger partial charge in [-0.25, -0.2) is 8.78 Å². The number of halogens is 2. The monoisotopic (exact) mass is 400 g/mol. The number of Topliss-reactive ketones (excluding diaryl/α,β-unsaturated/α-hetero) is 2. The van der Waals surface area contributed by atoms with E-state index < -0.39 is 28.6 Å². The lowest BCUT2D eigenvalue weighted by Gasteiger charge is -2.35. The number of carbonyl (C=O) groups excluding carboxylic acids is 2. The van der Waals surface area contributed by atoms with E-state index in [1.54, 1.807) is 12.2 Å². The molecular formula is C26H18F2O2. The molecule has 0 saturated carbocycles. The maximum absolute atomic E-state index is 13.8. The maximum Gasteiger partial charge on any atom is 0.181 e. The molecule has 0 radical (unpaired) electrons. The fourth-order valence-electron chi connectivity index (χ4n) is 3.85. The summed E-state index contributed by atoms with van der Waals surface area (Å²) in [6, 6.07) is 19.6. The topological polar surface area (TPSA) is 34.1 Å². The fraction of sp³-hybridized carbons (Fsp3) is 0.0769. The highest BCUT2D eigenvalue weighted by atomic mass is 19.1. The Labute approximate surface area is 173 Å². The van der Waals surface area contributed by atoms with E-state index in [4.69, 9.17) is 0 Å². The van der Waals surface area contributed by atoms with Crippen LogP contribution in [0.3, 0.4) is 0 Å². The molecule has 2 nitrogen and oxygen atoms in total. The van der Waals surface area contributed by atoms with E-state index in [0.29, 0.717) is 5.57 Å². The van der Waals surface area contributed by atoms with Gasteiger partial charge in [-0.3, -0.25) is 9.59 Å². The smallest absolute Gasteiger partial charge is 0.181 e. The number of rotatable bonds is 5. The average molecular weight is 400 g/mol. The summed E-state index contributed by atoms with van der Waals surface area (Å²) in [4.78, 5) is 27.6. The molecule has 3 aromatic rings. The summed E-state index contributed by atoms with van der Waals surface area (Å²) >= 11 is 0. The van der Waals surface area contributed by atoms with Crippen molar-refractivity contribution in [1.29, 1.82) is 0 Å². The molecule has 0 bridgehead atoms. The van der Waals surface area contributed by atoms with Crippen LogP contribution in [0, 0.1) is 17.0 Å². The van der Waals surface area contributed by atoms with Crippen molar-refractivity contribution < 1.29 is 18.4 Å². The molecule has 0 unspecified atom stereocenters. The van der Waals surface area contributed by atoms with Crippen molar-refractivity contribution in [3.8, 4) is 0 Å². The van der Waals surface area contributed by atoms with Gasteiger partial charge in [-0.05, 0) is 66.1 Å². The molecule has 3 aromatic carbocycles. The lowest BCUT2D eigenvalue weighted by atomic mass is 9.63. The van der Waals surface area contributed by atoms with Crippen molar-refractivity contribution in [2.75, 3.05) is 0 Å². The first-order chi connectivity index (χ1) is 14.5. The number of carbonyl (C=O) groups is 2. The van der Waals surface area contributed by atoms with Crippen LogP contribution in [0.4, 0.5) is 8.78 Å². The zero-order valence-electron chi connectivity index (χ0n) is 16.0. The van der Waals surface area contributed by atoms with Crippen molar-refractivity contribution in [1.82, 2.24) is 0 Å². The molecule has 4 heteroatoms. The van der Waals surface area contributed by atoms with Crippen LogP contribution in [-0.4, -0.2) is 11.6 Å². The zero-order valence-corrected chi connectivity index (χ0v) is 16.0. The Morgan fingerprint density at radius 3 is 1.70 bits per heavy atom. The van der Waals surface area contributed by atoms with Gasteiger partial charge in [-0.15, -0.1) is 0 Å². The molecule has 1 aliphatic carbocycles. The van der Waals surface area contributed by atoms with Crippen molar-refractivity contribution in [2.24, 2.45) is 5.41 Å². The fourth-order valence-corrected chi connectivity index (χ4v) is 3.85. The summed E-state index contributed by atoms with van der Waals surface area (Å²) < 4.78 is 26.9. The Morgan fingerprint density at radius 1 is 0.700 bits per heavy atom. The number of hydrogen-bond donors (Lipinski definition) is 0. The molecule has 0 heterocycles. The lowest BCUT2D eigenvalue weighted by Crippen LogP contribution is -2.41. The minimum atomic E-state index is -1.54. The molecular weight excluding hydrogens is 382 g/mol. The molecule has 1 aliphatic rings. The molecule has 148 valence electrons. The van der Waals surface area contributed by atoms with Crippen LogP contribution in [0.25, 0.3) is 5.57 Å². The zero-order chi connectivity index (χ0) is 21.1. The van der Waals surface area contributed by atoms with E-state index in [9.17, 15) is 18.4 Å². The highest BCUT2D eigenvalue weighted by Crippen LogP contribution is 2.46. The number of benzene rings is 3. The first kappa shape index (κ1) is 19.6. The largest absolute Gasteiger partial charge is 0.293 e. The second kappa shape index (κ2) is 7.99. The van der Waals surface area contributed by atoms with Crippen molar-refractivity contribution >= 4 is 17.1 Å². The molecule has 0 fully saturated rings. The van der Waals surface area contributed by atoms with E-state index in [1.165, 1.54) is 48.5 Å². The van der Waals surface area contributed by atoms with Crippen LogP contribution in [0.15, 0.2) is 97.1 Å². The first-order valence-corrected chi connectivity index (χ1v) is 9.56. The molecule has 0 atom stereocenters. The van der Waals surface area contributed by atoms with Gasteiger partial charge >= 0.3 is 0 Å². The highest BCUT2D eigenvalue weighted by Gasteiger charge is 2.49. The summed E-state index contributed by atoms with van der Waals surface area (Å²) in [7, 11) is 0. The van der Waals surface area contributed by atoms with Crippen molar-refractivity contribution in [3.63, 3.8) is 0 Å². The molecule has 30 heavy (non-hydrogen) atoms. The van der Waals surface area contributed by atoms with Crippen LogP contribution in [0.5, 0.6) is 0 Å². The summed E-state index contributed by atoms with van der Waals surface area (Å²) in [5, 5.41) is 0. The maximum atomic E-state index is 13.8. The van der Waals surface area contributed by atoms with Crippen LogP contribution < -0.4 is 0 Å². The standard InChI is InChI=1S/C26H18F2O2/c27-21-13-9-19(10-14-21)24(29)26(25(30)20-11-15-22(28)16-12-20)17-5-4-8-23(26)18-6-2-1-3-7-18/h1-16H,17H2. The molecule has 0 saturated heterocycles. The van der Waals surface area contributed by atoms with Crippen LogP contribution >= 0.6 is 0 Å². The molecule has 0 spiro atoms. The molecule has 4 rings (SSSR count). The Balaban J connectivity index is 1.92. The Morgan fingerprint density at radius 2 is 1.20 bits per heavy atom. The van der Waals surface area contributed by atoms with Crippen LogP contribution in [0.1, 0.15) is 32.7 Å². The van der Waals surface area contributed by atoms with E-state index in [2.05, 4.69) is 0 Å². The van der Waals surface area contributed by atoms with Crippen LogP contribution in [0.2, 0.25) is 0 Å². The third-order valence-corrected chi connectivity index (χ3v) is 5.36. The van der Waals surface area contributed by atoms with Crippen LogP contribution in [-0.2, 0) is 0 Å². The minimum absolute atomic E-state index is 0.153. The van der Waals surface area contributed by atoms with Gasteiger partial charge in [0.25, 0.3) is 0 Å². The molecule has 0 amide bonds. The first-order valence-electron chi connectivity index (χ1n) is 9.56. The number of hydrogen-bond acceptors (Lipinski definition) is 2. The predicted octanol–water partition coefficient (Wildman–Crippen LogP) is 6.06. The quantitative estimate of drug-likeness (QED) is 0.385. The van der Waals surface area contributed by atoms with Gasteiger partial charge in [0.1, 0.15) is 17.0 Å². The van der Waals surface area contributed by atoms with Gasteiger partial charge in [-0.1, -0.05) is 48.6 Å². The SMILES string of the molecule is O=C(c1ccc(F)cc1)C1(C(=O)c2ccc(F)cc2)CC=CC=C1c1ccccc1. The third kappa shape index (κ3) is 3.41. The summed E-state index contributed by atoms with van der Waals surface area (Å²) in [6.45, 7) is 0. The summed E-state index contributed by atoms with van der Waals surface area (Å²) in [5.74, 6) is -1.77. The Kier molecular flexibility index (Phi) is 5.23. The van der Waals surface area contributed by atoms with Gasteiger partial charge in [-0.2, -0.15) is 0 Å². The van der Waals surface area contributed by atoms with E-state index in [0.717, 1.165) is 5.56 Å². The number of ketones is 2. The second-order valence-electron chi connectivity index (χ2n) is 7.16. The predicted molar refractivity (Wildman–Crippen MR) is 112 cm³/mol. The average Bonchev–Trinajstić information content (AvgIpc) is 2.79. The van der Waals surface area contributed by atoms with E-state index >= 15 is 0 Å². The highest BCUT2D eigenvalue weighted by molar-refractivity contribution is 6.27. The Bertz CT molecular complexity index is 1080. The lowest BCUT2D eigenvalue weighted by molar-refractivity contribution is 0.0739. The van der Waals surface area contributed by atoms with Crippen molar-refractivity contribution in [2.45, 2.75) is 6.42 Å². The molecule has 0 aromatic heterocycles. The van der Waals surface area contributed by atoms with E-state index in [1.807, 2.05) is 36.4 Å². The second-order valence-corrected chi connectivity index (χ2v) is 7.16. The molecule has 0 N–H and O–H groups in total. The van der Waals surface area contributed by atoms with Gasteiger partial charge in [0, 0.05) is 11.1 Å². The summed E-state index contributed by atoms with van der Waals surface area (Å²) in [5.41, 5.74) is 0.251. The number of allylic oxidation sites excluding steroid dienone is 4. The van der Waals surface area contributed by atoms with E-state index in [-0.39, 0.29) is 17.5 Å². The Hall–Kier alpha value is -3.66. The van der Waals surface area contributed by atoms with Crippen molar-refractivity contribution in [3.05, 3.63) is 125 Å². The minimum Gasteiger partial charge on any atom is -0.293 e. The molecule has 0 aliphatic heterocycles.